The number of hydrogen-bond donors (Lipinski definition) is 4. The summed E-state index contributed by atoms with van der Waals surface area (Å²) in [6.07, 6.45) is 10.2. The lowest BCUT2D eigenvalue weighted by atomic mass is 9.95. The number of nitrogens with one attached hydrogen (secondary N) is 4. The minimum Gasteiger partial charge on any atom is -0.343 e. The van der Waals surface area contributed by atoms with Crippen molar-refractivity contribution in [2.24, 2.45) is 11.8 Å². The topological polar surface area (TPSA) is 195 Å². The number of nitrogens with zero attached hydrogens (tertiary/aromatic N) is 5. The van der Waals surface area contributed by atoms with Crippen LogP contribution in [0.15, 0.2) is 79.8 Å². The van der Waals surface area contributed by atoms with Crippen molar-refractivity contribution in [3.8, 4) is 0 Å². The van der Waals surface area contributed by atoms with E-state index in [0.717, 1.165) is 27.2 Å². The largest absolute Gasteiger partial charge is 0.343 e. The smallest absolute Gasteiger partial charge is 0.246 e. The van der Waals surface area contributed by atoms with Crippen LogP contribution in [0.3, 0.4) is 0 Å². The lowest BCUT2D eigenvalue weighted by Gasteiger charge is -2.41. The van der Waals surface area contributed by atoms with Crippen molar-refractivity contribution in [2.75, 3.05) is 20.6 Å². The summed E-state index contributed by atoms with van der Waals surface area (Å²) in [5.41, 5.74) is 1.86. The first-order chi connectivity index (χ1) is 34.1. The Morgan fingerprint density at radius 1 is 0.750 bits per heavy atom. The molecule has 7 amide bonds. The van der Waals surface area contributed by atoms with Crippen molar-refractivity contribution in [3.05, 3.63) is 90.9 Å². The summed E-state index contributed by atoms with van der Waals surface area (Å²) in [4.78, 5) is 112. The molecule has 0 aliphatic carbocycles. The fourth-order valence-corrected chi connectivity index (χ4v) is 10.1. The zero-order valence-electron chi connectivity index (χ0n) is 44.0. The van der Waals surface area contributed by atoms with Gasteiger partial charge in [-0.15, -0.1) is 6.58 Å². The molecule has 2 aromatic carbocycles. The predicted octanol–water partition coefficient (Wildman–Crippen LogP) is 5.80. The second-order valence-corrected chi connectivity index (χ2v) is 21.3. The third kappa shape index (κ3) is 12.7. The molecule has 4 N–H and O–H groups in total. The minimum atomic E-state index is -1.23. The van der Waals surface area contributed by atoms with Gasteiger partial charge in [0.25, 0.3) is 0 Å². The Kier molecular flexibility index (Phi) is 18.1. The van der Waals surface area contributed by atoms with Gasteiger partial charge >= 0.3 is 0 Å². The molecule has 72 heavy (non-hydrogen) atoms. The van der Waals surface area contributed by atoms with Crippen LogP contribution < -0.4 is 21.3 Å². The summed E-state index contributed by atoms with van der Waals surface area (Å²) >= 11 is 0. The van der Waals surface area contributed by atoms with E-state index in [4.69, 9.17) is 0 Å². The highest BCUT2D eigenvalue weighted by molar-refractivity contribution is 5.99. The molecule has 2 aromatic heterocycles. The highest BCUT2D eigenvalue weighted by atomic mass is 16.2. The molecule has 0 radical (unpaired) electrons. The fourth-order valence-electron chi connectivity index (χ4n) is 10.1. The summed E-state index contributed by atoms with van der Waals surface area (Å²) in [6, 6.07) is 7.71. The van der Waals surface area contributed by atoms with E-state index in [9.17, 15) is 28.8 Å². The number of carbonyl (C=O) groups is 7. The van der Waals surface area contributed by atoms with E-state index in [1.165, 1.54) is 35.7 Å². The van der Waals surface area contributed by atoms with Crippen molar-refractivity contribution in [3.63, 3.8) is 0 Å². The van der Waals surface area contributed by atoms with Crippen LogP contribution in [0.4, 0.5) is 0 Å². The van der Waals surface area contributed by atoms with Crippen LogP contribution in [-0.2, 0) is 51.9 Å². The van der Waals surface area contributed by atoms with Gasteiger partial charge in [-0.2, -0.15) is 0 Å². The SMILES string of the molecule is C=CC(C)(C)n1cc(C[C@@H]2NC(=O)[C@H](CCCC)NC(=O)[C@H](CC(C)C)N3CCC[C@@H](C3=O)N(C)C(=O)[C@H](C)NC(=O)[C@H](Cc3ccc4ccncc4c3)NC(=O)[C@H](CC(C)C)N(C)C2=O)c2ccccc21. The molecule has 0 unspecified atom stereocenters. The number of allylic oxidation sites excluding steroid dienone is 1. The molecule has 7 atom stereocenters. The number of para-hydroxylation sites is 1. The van der Waals surface area contributed by atoms with Gasteiger partial charge in [0.1, 0.15) is 42.3 Å². The number of aromatic nitrogens is 2. The van der Waals surface area contributed by atoms with E-state index in [-0.39, 0.29) is 44.1 Å². The third-order valence-electron chi connectivity index (χ3n) is 14.4. The number of piperidine rings is 1. The number of fused-ring (bicyclic) bond motifs is 4. The fraction of sp³-hybridized carbons (Fsp3) is 0.536. The maximum atomic E-state index is 15.4. The van der Waals surface area contributed by atoms with Gasteiger partial charge in [0, 0.05) is 68.4 Å². The van der Waals surface area contributed by atoms with Crippen molar-refractivity contribution in [1.82, 2.24) is 45.5 Å². The second-order valence-electron chi connectivity index (χ2n) is 21.3. The lowest BCUT2D eigenvalue weighted by molar-refractivity contribution is -0.153. The molecule has 16 nitrogen and oxygen atoms in total. The zero-order chi connectivity index (χ0) is 52.6. The maximum Gasteiger partial charge on any atom is 0.246 e. The Balaban J connectivity index is 1.48. The van der Waals surface area contributed by atoms with Crippen LogP contribution in [0.5, 0.6) is 0 Å². The summed E-state index contributed by atoms with van der Waals surface area (Å²) in [6.45, 7) is 19.7. The van der Waals surface area contributed by atoms with Gasteiger partial charge in [0.15, 0.2) is 0 Å². The van der Waals surface area contributed by atoms with Crippen molar-refractivity contribution in [2.45, 2.75) is 161 Å². The Hall–Kier alpha value is -6.58. The van der Waals surface area contributed by atoms with E-state index in [0.29, 0.717) is 37.7 Å². The Bertz CT molecular complexity index is 2640. The predicted molar refractivity (Wildman–Crippen MR) is 280 cm³/mol. The molecular weight excluding hydrogens is 911 g/mol. The summed E-state index contributed by atoms with van der Waals surface area (Å²) in [5.74, 6) is -3.94. The third-order valence-corrected chi connectivity index (χ3v) is 14.4. The van der Waals surface area contributed by atoms with E-state index in [1.807, 2.05) is 109 Å². The van der Waals surface area contributed by atoms with Crippen LogP contribution in [0, 0.1) is 11.8 Å². The molecule has 2 saturated heterocycles. The summed E-state index contributed by atoms with van der Waals surface area (Å²) in [7, 11) is 3.06. The molecule has 2 fully saturated rings. The molecule has 0 spiro atoms. The van der Waals surface area contributed by atoms with Gasteiger partial charge in [-0.1, -0.05) is 83.9 Å². The maximum absolute atomic E-state index is 15.4. The van der Waals surface area contributed by atoms with E-state index >= 15 is 4.79 Å². The van der Waals surface area contributed by atoms with E-state index in [1.54, 1.807) is 12.4 Å². The van der Waals surface area contributed by atoms with Gasteiger partial charge in [-0.3, -0.25) is 38.5 Å². The van der Waals surface area contributed by atoms with Crippen molar-refractivity contribution in [1.29, 1.82) is 0 Å². The van der Waals surface area contributed by atoms with E-state index in [2.05, 4.69) is 37.4 Å². The molecule has 2 aliphatic heterocycles. The van der Waals surface area contributed by atoms with Gasteiger partial charge in [-0.05, 0) is 99.4 Å². The van der Waals surface area contributed by atoms with Gasteiger partial charge in [0.05, 0.1) is 5.54 Å². The molecule has 16 heteroatoms. The average molecular weight is 988 g/mol. The monoisotopic (exact) mass is 988 g/mol. The Morgan fingerprint density at radius 2 is 1.40 bits per heavy atom. The van der Waals surface area contributed by atoms with Gasteiger partial charge in [-0.25, -0.2) is 0 Å². The van der Waals surface area contributed by atoms with Gasteiger partial charge < -0.3 is 40.5 Å². The molecule has 0 saturated carbocycles. The zero-order valence-corrected chi connectivity index (χ0v) is 44.0. The van der Waals surface area contributed by atoms with Crippen LogP contribution in [0.2, 0.25) is 0 Å². The van der Waals surface area contributed by atoms with Crippen molar-refractivity contribution < 1.29 is 33.6 Å². The number of carbonyl (C=O) groups excluding carboxylic acids is 7. The van der Waals surface area contributed by atoms with Crippen molar-refractivity contribution >= 4 is 63.0 Å². The number of likely N-dealkylation sites (N-methyl/N-ethyl adjacent to an activating group) is 2. The first-order valence-corrected chi connectivity index (χ1v) is 25.8. The first kappa shape index (κ1) is 54.7. The molecule has 2 aliphatic rings. The average Bonchev–Trinajstić information content (AvgIpc) is 3.73. The molecular formula is C56H77N9O7. The first-order valence-electron chi connectivity index (χ1n) is 25.8. The highest BCUT2D eigenvalue weighted by Gasteiger charge is 2.43. The Morgan fingerprint density at radius 3 is 2.10 bits per heavy atom. The van der Waals surface area contributed by atoms with Crippen LogP contribution >= 0.6 is 0 Å². The summed E-state index contributed by atoms with van der Waals surface area (Å²) in [5, 5.41) is 14.5. The lowest BCUT2D eigenvalue weighted by Crippen LogP contribution is -2.62. The van der Waals surface area contributed by atoms with E-state index < -0.39 is 89.2 Å². The highest BCUT2D eigenvalue weighted by Crippen LogP contribution is 2.30. The number of hydrogen-bond acceptors (Lipinski definition) is 8. The number of amides is 7. The molecule has 2 bridgehead atoms. The standard InChI is InChI=1S/C56H77N9O7/c1-12-14-19-42-49(66)61-44(31-40-33-65(56(8,9)13-2)45-20-16-15-18-41(40)45)54(71)63(11)47(27-34(3)4)51(68)60-43(30-37-22-23-38-24-25-57-32-39(38)29-37)50(67)58-36(7)53(70)62(10)46-21-17-26-64(55(46)72)48(28-35(5)6)52(69)59-42/h13,15-16,18,20,22-25,29,32-36,42-44,46-48H,2,12,14,17,19,21,26-28,30-31H2,1,3-11H3,(H,58,67)(H,59,69)(H,60,68)(H,61,66)/t36-,42-,43-,44-,46-,47-,48-/m0/s1. The van der Waals surface area contributed by atoms with Crippen LogP contribution in [0.25, 0.3) is 21.7 Å². The number of unbranched alkanes of at least 4 members (excludes halogenated alkanes) is 1. The quantitative estimate of drug-likeness (QED) is 0.121. The van der Waals surface area contributed by atoms with Gasteiger partial charge in [0.2, 0.25) is 41.4 Å². The Labute approximate surface area is 425 Å². The minimum absolute atomic E-state index is 0.0269. The normalized spacial score (nSPS) is 23.8. The molecule has 4 aromatic rings. The molecule has 388 valence electrons. The second kappa shape index (κ2) is 23.8. The van der Waals surface area contributed by atoms with Crippen LogP contribution in [-0.4, -0.2) is 129 Å². The molecule has 4 heterocycles. The summed E-state index contributed by atoms with van der Waals surface area (Å²) < 4.78 is 2.08. The number of pyridine rings is 1. The van der Waals surface area contributed by atoms with Crippen LogP contribution in [0.1, 0.15) is 111 Å². The number of rotatable bonds is 13. The molecule has 6 rings (SSSR count). The number of benzene rings is 2.